The van der Waals surface area contributed by atoms with Crippen LogP contribution in [0.4, 0.5) is 0 Å². The molecule has 106 valence electrons. The average Bonchev–Trinajstić information content (AvgIpc) is 2.34. The van der Waals surface area contributed by atoms with Gasteiger partial charge in [0.15, 0.2) is 0 Å². The zero-order valence-corrected chi connectivity index (χ0v) is 11.2. The molecule has 0 aromatic heterocycles. The lowest BCUT2D eigenvalue weighted by Crippen LogP contribution is -2.49. The molecule has 0 fully saturated rings. The number of rotatable bonds is 11. The van der Waals surface area contributed by atoms with E-state index >= 15 is 0 Å². The van der Waals surface area contributed by atoms with Crippen molar-refractivity contribution in [1.82, 2.24) is 10.6 Å². The van der Waals surface area contributed by atoms with E-state index in [1.165, 1.54) is 0 Å². The van der Waals surface area contributed by atoms with Crippen molar-refractivity contribution in [2.45, 2.75) is 38.6 Å². The second kappa shape index (κ2) is 9.85. The summed E-state index contributed by atoms with van der Waals surface area (Å²) in [4.78, 5) is 21.5. The molecule has 0 bridgehead atoms. The molecular weight excluding hydrogens is 236 g/mol. The summed E-state index contributed by atoms with van der Waals surface area (Å²) in [5.41, 5.74) is -0.735. The minimum absolute atomic E-state index is 0.0559. The Bertz CT molecular complexity index is 248. The van der Waals surface area contributed by atoms with Gasteiger partial charge in [-0.25, -0.2) is 0 Å². The van der Waals surface area contributed by atoms with E-state index in [1.54, 1.807) is 6.92 Å². The van der Waals surface area contributed by atoms with E-state index in [-0.39, 0.29) is 19.1 Å². The highest BCUT2D eigenvalue weighted by Gasteiger charge is 2.22. The van der Waals surface area contributed by atoms with Gasteiger partial charge in [-0.3, -0.25) is 9.59 Å². The molecule has 0 aliphatic heterocycles. The monoisotopic (exact) mass is 260 g/mol. The zero-order valence-electron chi connectivity index (χ0n) is 11.2. The Morgan fingerprint density at radius 1 is 1.44 bits per heavy atom. The molecule has 0 saturated heterocycles. The Morgan fingerprint density at radius 3 is 2.72 bits per heavy atom. The Labute approximate surface area is 108 Å². The van der Waals surface area contributed by atoms with E-state index in [4.69, 9.17) is 9.84 Å². The number of hydrogen-bond donors (Lipinski definition) is 3. The topological polar surface area (TPSA) is 87.7 Å². The fourth-order valence-corrected chi connectivity index (χ4v) is 1.35. The molecule has 0 saturated carbocycles. The van der Waals surface area contributed by atoms with Crippen LogP contribution in [0.3, 0.4) is 0 Å². The largest absolute Gasteiger partial charge is 0.394 e. The molecule has 2 amide bonds. The second-order valence-corrected chi connectivity index (χ2v) is 4.44. The van der Waals surface area contributed by atoms with E-state index in [1.807, 2.05) is 6.92 Å². The van der Waals surface area contributed by atoms with Gasteiger partial charge in [-0.2, -0.15) is 0 Å². The molecule has 0 aromatic rings. The fourth-order valence-electron chi connectivity index (χ4n) is 1.35. The summed E-state index contributed by atoms with van der Waals surface area (Å²) >= 11 is 0. The van der Waals surface area contributed by atoms with Crippen LogP contribution in [0.2, 0.25) is 0 Å². The second-order valence-electron chi connectivity index (χ2n) is 4.44. The summed E-state index contributed by atoms with van der Waals surface area (Å²) in [7, 11) is 0. The number of aliphatic hydroxyl groups is 1. The number of ether oxygens (including phenoxy) is 1. The summed E-state index contributed by atoms with van der Waals surface area (Å²) in [6.07, 6.45) is 2.60. The first-order valence-electron chi connectivity index (χ1n) is 6.24. The van der Waals surface area contributed by atoms with Crippen molar-refractivity contribution in [1.29, 1.82) is 0 Å². The van der Waals surface area contributed by atoms with Gasteiger partial charge >= 0.3 is 0 Å². The first-order valence-corrected chi connectivity index (χ1v) is 6.24. The Hall–Kier alpha value is -1.14. The Morgan fingerprint density at radius 2 is 2.17 bits per heavy atom. The highest BCUT2D eigenvalue weighted by Crippen LogP contribution is 2.03. The average molecular weight is 260 g/mol. The van der Waals surface area contributed by atoms with E-state index < -0.39 is 5.54 Å². The molecule has 3 N–H and O–H groups in total. The first kappa shape index (κ1) is 16.9. The van der Waals surface area contributed by atoms with Gasteiger partial charge < -0.3 is 20.5 Å². The lowest BCUT2D eigenvalue weighted by atomic mass is 10.1. The third-order valence-electron chi connectivity index (χ3n) is 2.49. The summed E-state index contributed by atoms with van der Waals surface area (Å²) < 4.78 is 5.37. The summed E-state index contributed by atoms with van der Waals surface area (Å²) in [6.45, 7) is 4.83. The van der Waals surface area contributed by atoms with Crippen molar-refractivity contribution in [3.63, 3.8) is 0 Å². The van der Waals surface area contributed by atoms with Crippen molar-refractivity contribution < 1.29 is 19.4 Å². The lowest BCUT2D eigenvalue weighted by Gasteiger charge is -2.26. The van der Waals surface area contributed by atoms with E-state index in [9.17, 15) is 9.59 Å². The summed E-state index contributed by atoms with van der Waals surface area (Å²) in [5, 5.41) is 14.3. The number of carbonyl (C=O) groups is 2. The molecule has 1 unspecified atom stereocenters. The minimum Gasteiger partial charge on any atom is -0.394 e. The lowest BCUT2D eigenvalue weighted by molar-refractivity contribution is -0.121. The normalized spacial score (nSPS) is 13.7. The molecule has 0 aliphatic rings. The molecule has 6 heteroatoms. The van der Waals surface area contributed by atoms with Crippen LogP contribution in [0.25, 0.3) is 0 Å². The standard InChI is InChI=1S/C12H24N2O4/c1-3-13-11(17)6-4-5-7-18-9-12(2,8-15)14-10-16/h10,15H,3-9H2,1-2H3,(H,13,17)(H,14,16). The van der Waals surface area contributed by atoms with Gasteiger partial charge in [0.2, 0.25) is 12.3 Å². The Balaban J connectivity index is 3.55. The van der Waals surface area contributed by atoms with Gasteiger partial charge in [-0.1, -0.05) is 0 Å². The number of nitrogens with one attached hydrogen (secondary N) is 2. The van der Waals surface area contributed by atoms with Crippen molar-refractivity contribution in [2.75, 3.05) is 26.4 Å². The highest BCUT2D eigenvalue weighted by molar-refractivity contribution is 5.75. The maximum Gasteiger partial charge on any atom is 0.219 e. The maximum atomic E-state index is 11.1. The highest BCUT2D eigenvalue weighted by atomic mass is 16.5. The third-order valence-corrected chi connectivity index (χ3v) is 2.49. The van der Waals surface area contributed by atoms with Gasteiger partial charge in [-0.15, -0.1) is 0 Å². The molecular formula is C12H24N2O4. The Kier molecular flexibility index (Phi) is 9.22. The molecule has 0 radical (unpaired) electrons. The molecule has 0 aliphatic carbocycles. The smallest absolute Gasteiger partial charge is 0.219 e. The van der Waals surface area contributed by atoms with Gasteiger partial charge in [0.25, 0.3) is 0 Å². The van der Waals surface area contributed by atoms with E-state index in [2.05, 4.69) is 10.6 Å². The number of unbranched alkanes of at least 4 members (excludes halogenated alkanes) is 1. The van der Waals surface area contributed by atoms with Crippen LogP contribution < -0.4 is 10.6 Å². The van der Waals surface area contributed by atoms with Crippen LogP contribution in [0, 0.1) is 0 Å². The molecule has 0 spiro atoms. The predicted octanol–water partition coefficient (Wildman–Crippen LogP) is -0.194. The van der Waals surface area contributed by atoms with Gasteiger partial charge in [-0.05, 0) is 26.7 Å². The van der Waals surface area contributed by atoms with Gasteiger partial charge in [0, 0.05) is 19.6 Å². The number of carbonyl (C=O) groups excluding carboxylic acids is 2. The first-order chi connectivity index (χ1) is 8.58. The van der Waals surface area contributed by atoms with Crippen molar-refractivity contribution >= 4 is 12.3 Å². The summed E-state index contributed by atoms with van der Waals surface area (Å²) in [6, 6.07) is 0. The number of amides is 2. The molecule has 6 nitrogen and oxygen atoms in total. The maximum absolute atomic E-state index is 11.1. The zero-order chi connectivity index (χ0) is 13.9. The van der Waals surface area contributed by atoms with Crippen LogP contribution in [-0.2, 0) is 14.3 Å². The molecule has 1 atom stereocenters. The van der Waals surface area contributed by atoms with Crippen LogP contribution >= 0.6 is 0 Å². The van der Waals surface area contributed by atoms with Crippen LogP contribution in [0.5, 0.6) is 0 Å². The van der Waals surface area contributed by atoms with E-state index in [0.717, 1.165) is 12.8 Å². The SMILES string of the molecule is CCNC(=O)CCCCOCC(C)(CO)NC=O. The van der Waals surface area contributed by atoms with Crippen LogP contribution in [-0.4, -0.2) is 49.3 Å². The van der Waals surface area contributed by atoms with Crippen molar-refractivity contribution in [3.05, 3.63) is 0 Å². The van der Waals surface area contributed by atoms with Crippen LogP contribution in [0.1, 0.15) is 33.1 Å². The van der Waals surface area contributed by atoms with Crippen LogP contribution in [0.15, 0.2) is 0 Å². The molecule has 0 heterocycles. The fraction of sp³-hybridized carbons (Fsp3) is 0.833. The van der Waals surface area contributed by atoms with Gasteiger partial charge in [0.05, 0.1) is 18.8 Å². The quantitative estimate of drug-likeness (QED) is 0.355. The molecule has 18 heavy (non-hydrogen) atoms. The van der Waals surface area contributed by atoms with Crippen molar-refractivity contribution in [3.8, 4) is 0 Å². The summed E-state index contributed by atoms with van der Waals surface area (Å²) in [5.74, 6) is 0.0559. The minimum atomic E-state index is -0.735. The number of aliphatic hydroxyl groups excluding tert-OH is 1. The van der Waals surface area contributed by atoms with E-state index in [0.29, 0.717) is 26.0 Å². The molecule has 0 rings (SSSR count). The third kappa shape index (κ3) is 8.03. The number of hydrogen-bond acceptors (Lipinski definition) is 4. The van der Waals surface area contributed by atoms with Crippen molar-refractivity contribution in [2.24, 2.45) is 0 Å². The van der Waals surface area contributed by atoms with Gasteiger partial charge in [0.1, 0.15) is 0 Å². The molecule has 0 aromatic carbocycles. The predicted molar refractivity (Wildman–Crippen MR) is 68.0 cm³/mol.